The summed E-state index contributed by atoms with van der Waals surface area (Å²) in [6.45, 7) is 2.04. The minimum Gasteiger partial charge on any atom is -0.399 e. The van der Waals surface area contributed by atoms with Crippen molar-refractivity contribution in [3.05, 3.63) is 53.6 Å². The molecule has 0 aliphatic rings. The van der Waals surface area contributed by atoms with Crippen molar-refractivity contribution >= 4 is 38.3 Å². The first-order chi connectivity index (χ1) is 10.1. The van der Waals surface area contributed by atoms with Crippen molar-refractivity contribution in [3.8, 4) is 0 Å². The lowest BCUT2D eigenvalue weighted by Gasteiger charge is -2.02. The summed E-state index contributed by atoms with van der Waals surface area (Å²) in [4.78, 5) is 16.5. The van der Waals surface area contributed by atoms with Crippen LogP contribution in [-0.2, 0) is 11.2 Å². The van der Waals surface area contributed by atoms with Gasteiger partial charge in [-0.1, -0.05) is 29.5 Å². The molecule has 0 radical (unpaired) electrons. The summed E-state index contributed by atoms with van der Waals surface area (Å²) in [5.74, 6) is -0.0867. The number of aromatic nitrogens is 1. The molecule has 0 aliphatic heterocycles. The topological polar surface area (TPSA) is 68.0 Å². The zero-order valence-electron chi connectivity index (χ0n) is 11.6. The number of nitrogens with two attached hydrogens (primary N) is 1. The van der Waals surface area contributed by atoms with Gasteiger partial charge in [0, 0.05) is 5.69 Å². The molecule has 1 aromatic heterocycles. The number of benzene rings is 2. The van der Waals surface area contributed by atoms with E-state index >= 15 is 0 Å². The first-order valence-electron chi connectivity index (χ1n) is 6.61. The van der Waals surface area contributed by atoms with Gasteiger partial charge in [-0.2, -0.15) is 0 Å². The molecule has 3 rings (SSSR count). The molecule has 0 atom stereocenters. The predicted octanol–water partition coefficient (Wildman–Crippen LogP) is 3.37. The molecule has 5 heteroatoms. The third kappa shape index (κ3) is 3.20. The molecule has 1 heterocycles. The molecule has 3 aromatic rings. The van der Waals surface area contributed by atoms with Crippen LogP contribution in [0.4, 0.5) is 10.8 Å². The summed E-state index contributed by atoms with van der Waals surface area (Å²) in [6.07, 6.45) is 0.292. The fourth-order valence-electron chi connectivity index (χ4n) is 2.14. The molecule has 0 saturated carbocycles. The molecule has 1 amide bonds. The quantitative estimate of drug-likeness (QED) is 0.728. The Kier molecular flexibility index (Phi) is 3.58. The molecular weight excluding hydrogens is 282 g/mol. The van der Waals surface area contributed by atoms with Crippen LogP contribution < -0.4 is 11.1 Å². The summed E-state index contributed by atoms with van der Waals surface area (Å²) in [5.41, 5.74) is 9.36. The molecule has 2 aromatic carbocycles. The van der Waals surface area contributed by atoms with Gasteiger partial charge in [0.2, 0.25) is 5.91 Å². The maximum Gasteiger partial charge on any atom is 0.230 e. The fourth-order valence-corrected chi connectivity index (χ4v) is 3.12. The number of rotatable bonds is 3. The Balaban J connectivity index is 1.74. The lowest BCUT2D eigenvalue weighted by Crippen LogP contribution is -2.14. The highest BCUT2D eigenvalue weighted by Crippen LogP contribution is 2.26. The van der Waals surface area contributed by atoms with E-state index in [4.69, 9.17) is 5.73 Å². The summed E-state index contributed by atoms with van der Waals surface area (Å²) in [6, 6.07) is 13.4. The summed E-state index contributed by atoms with van der Waals surface area (Å²) in [5, 5.41) is 3.48. The average molecular weight is 297 g/mol. The van der Waals surface area contributed by atoms with Crippen molar-refractivity contribution in [3.63, 3.8) is 0 Å². The normalized spacial score (nSPS) is 10.7. The highest BCUT2D eigenvalue weighted by Gasteiger charge is 2.09. The number of carbonyl (C=O) groups is 1. The zero-order valence-corrected chi connectivity index (χ0v) is 12.4. The van der Waals surface area contributed by atoms with E-state index < -0.39 is 0 Å². The van der Waals surface area contributed by atoms with Gasteiger partial charge in [-0.05, 0) is 42.3 Å². The second-order valence-electron chi connectivity index (χ2n) is 4.96. The third-order valence-electron chi connectivity index (χ3n) is 3.11. The second kappa shape index (κ2) is 5.54. The number of hydrogen-bond donors (Lipinski definition) is 2. The Morgan fingerprint density at radius 1 is 1.29 bits per heavy atom. The van der Waals surface area contributed by atoms with E-state index in [1.54, 1.807) is 12.1 Å². The molecule has 3 N–H and O–H groups in total. The van der Waals surface area contributed by atoms with Crippen molar-refractivity contribution in [2.24, 2.45) is 0 Å². The molecule has 0 unspecified atom stereocenters. The standard InChI is InChI=1S/C16H15N3OS/c1-10-5-6-13-14(7-10)21-16(18-13)19-15(20)9-11-3-2-4-12(17)8-11/h2-8H,9,17H2,1H3,(H,18,19,20). The Morgan fingerprint density at radius 2 is 2.14 bits per heavy atom. The molecule has 0 spiro atoms. The van der Waals surface area contributed by atoms with Crippen molar-refractivity contribution in [2.45, 2.75) is 13.3 Å². The fraction of sp³-hybridized carbons (Fsp3) is 0.125. The van der Waals surface area contributed by atoms with E-state index in [0.29, 0.717) is 17.2 Å². The Bertz CT molecular complexity index is 810. The van der Waals surface area contributed by atoms with Crippen LogP contribution >= 0.6 is 11.3 Å². The van der Waals surface area contributed by atoms with Crippen LogP contribution in [0.25, 0.3) is 10.2 Å². The summed E-state index contributed by atoms with van der Waals surface area (Å²) in [7, 11) is 0. The van der Waals surface area contributed by atoms with Gasteiger partial charge < -0.3 is 11.1 Å². The van der Waals surface area contributed by atoms with E-state index in [0.717, 1.165) is 15.8 Å². The van der Waals surface area contributed by atoms with Crippen molar-refractivity contribution in [1.82, 2.24) is 4.98 Å². The number of nitrogens with zero attached hydrogens (tertiary/aromatic N) is 1. The predicted molar refractivity (Wildman–Crippen MR) is 87.5 cm³/mol. The lowest BCUT2D eigenvalue weighted by atomic mass is 10.1. The van der Waals surface area contributed by atoms with Gasteiger partial charge in [0.15, 0.2) is 5.13 Å². The number of nitrogens with one attached hydrogen (secondary N) is 1. The van der Waals surface area contributed by atoms with E-state index in [2.05, 4.69) is 16.4 Å². The van der Waals surface area contributed by atoms with E-state index in [9.17, 15) is 4.79 Å². The van der Waals surface area contributed by atoms with E-state index in [1.807, 2.05) is 31.2 Å². The number of thiazole rings is 1. The highest BCUT2D eigenvalue weighted by atomic mass is 32.1. The van der Waals surface area contributed by atoms with Crippen LogP contribution in [0.3, 0.4) is 0 Å². The number of amides is 1. The highest BCUT2D eigenvalue weighted by molar-refractivity contribution is 7.22. The molecule has 0 saturated heterocycles. The van der Waals surface area contributed by atoms with Gasteiger partial charge in [0.1, 0.15) is 0 Å². The number of anilines is 2. The molecular formula is C16H15N3OS. The Labute approximate surface area is 126 Å². The molecule has 0 fully saturated rings. The van der Waals surface area contributed by atoms with Gasteiger partial charge in [-0.3, -0.25) is 4.79 Å². The number of aryl methyl sites for hydroxylation is 1. The maximum absolute atomic E-state index is 12.1. The smallest absolute Gasteiger partial charge is 0.230 e. The van der Waals surface area contributed by atoms with Crippen LogP contribution in [0.2, 0.25) is 0 Å². The van der Waals surface area contributed by atoms with Crippen LogP contribution in [0.15, 0.2) is 42.5 Å². The third-order valence-corrected chi connectivity index (χ3v) is 4.04. The van der Waals surface area contributed by atoms with Gasteiger partial charge in [-0.15, -0.1) is 0 Å². The lowest BCUT2D eigenvalue weighted by molar-refractivity contribution is -0.115. The molecule has 106 valence electrons. The molecule has 0 bridgehead atoms. The summed E-state index contributed by atoms with van der Waals surface area (Å²) < 4.78 is 1.08. The van der Waals surface area contributed by atoms with Crippen LogP contribution in [0.1, 0.15) is 11.1 Å². The van der Waals surface area contributed by atoms with Gasteiger partial charge in [0.25, 0.3) is 0 Å². The van der Waals surface area contributed by atoms with Crippen molar-refractivity contribution in [1.29, 1.82) is 0 Å². The number of hydrogen-bond acceptors (Lipinski definition) is 4. The first kappa shape index (κ1) is 13.6. The average Bonchev–Trinajstić information content (AvgIpc) is 2.79. The molecule has 0 aliphatic carbocycles. The maximum atomic E-state index is 12.1. The monoisotopic (exact) mass is 297 g/mol. The molecule has 21 heavy (non-hydrogen) atoms. The SMILES string of the molecule is Cc1ccc2nc(NC(=O)Cc3cccc(N)c3)sc2c1. The number of fused-ring (bicyclic) bond motifs is 1. The van der Waals surface area contributed by atoms with Gasteiger partial charge in [0.05, 0.1) is 16.6 Å². The van der Waals surface area contributed by atoms with Crippen molar-refractivity contribution in [2.75, 3.05) is 11.1 Å². The van der Waals surface area contributed by atoms with Crippen LogP contribution in [-0.4, -0.2) is 10.9 Å². The minimum atomic E-state index is -0.0867. The number of carbonyl (C=O) groups excluding carboxylic acids is 1. The Morgan fingerprint density at radius 3 is 2.95 bits per heavy atom. The largest absolute Gasteiger partial charge is 0.399 e. The van der Waals surface area contributed by atoms with E-state index in [1.165, 1.54) is 16.9 Å². The van der Waals surface area contributed by atoms with Crippen LogP contribution in [0.5, 0.6) is 0 Å². The first-order valence-corrected chi connectivity index (χ1v) is 7.43. The van der Waals surface area contributed by atoms with Gasteiger partial charge >= 0.3 is 0 Å². The Hall–Kier alpha value is -2.40. The zero-order chi connectivity index (χ0) is 14.8. The van der Waals surface area contributed by atoms with Crippen molar-refractivity contribution < 1.29 is 4.79 Å². The summed E-state index contributed by atoms with van der Waals surface area (Å²) >= 11 is 1.49. The second-order valence-corrected chi connectivity index (χ2v) is 5.99. The van der Waals surface area contributed by atoms with Crippen LogP contribution in [0, 0.1) is 6.92 Å². The van der Waals surface area contributed by atoms with Gasteiger partial charge in [-0.25, -0.2) is 4.98 Å². The number of nitrogen functional groups attached to an aromatic ring is 1. The minimum absolute atomic E-state index is 0.0867. The molecule has 4 nitrogen and oxygen atoms in total. The van der Waals surface area contributed by atoms with E-state index in [-0.39, 0.29) is 5.91 Å².